The summed E-state index contributed by atoms with van der Waals surface area (Å²) >= 11 is 0. The van der Waals surface area contributed by atoms with Crippen molar-refractivity contribution >= 4 is 17.4 Å². The Kier molecular flexibility index (Phi) is 8.17. The van der Waals surface area contributed by atoms with Crippen LogP contribution in [0.1, 0.15) is 30.5 Å². The van der Waals surface area contributed by atoms with Crippen molar-refractivity contribution in [2.75, 3.05) is 48.0 Å². The number of amides is 1. The van der Waals surface area contributed by atoms with Gasteiger partial charge >= 0.3 is 0 Å². The van der Waals surface area contributed by atoms with Gasteiger partial charge < -0.3 is 29.1 Å². The summed E-state index contributed by atoms with van der Waals surface area (Å²) in [7, 11) is 6.83. The number of hydrogen-bond donors (Lipinski definition) is 1. The number of ketones is 1. The number of Topliss-reactive ketones (excluding diaryl/α,β-unsaturated/α-hetero) is 1. The van der Waals surface area contributed by atoms with Crippen LogP contribution in [0.15, 0.2) is 48.0 Å². The van der Waals surface area contributed by atoms with Gasteiger partial charge in [-0.05, 0) is 50.3 Å². The van der Waals surface area contributed by atoms with Crippen molar-refractivity contribution in [2.24, 2.45) is 0 Å². The summed E-state index contributed by atoms with van der Waals surface area (Å²) in [5.41, 5.74) is 0.998. The maximum absolute atomic E-state index is 13.2. The highest BCUT2D eigenvalue weighted by Gasteiger charge is 2.46. The molecule has 0 aromatic heterocycles. The van der Waals surface area contributed by atoms with Gasteiger partial charge in [0.1, 0.15) is 11.5 Å². The number of likely N-dealkylation sites (tertiary alicyclic amines) is 1. The zero-order chi connectivity index (χ0) is 24.8. The molecule has 0 spiro atoms. The largest absolute Gasteiger partial charge is 0.507 e. The van der Waals surface area contributed by atoms with E-state index in [1.807, 2.05) is 25.9 Å². The summed E-state index contributed by atoms with van der Waals surface area (Å²) in [5.74, 6) is -0.210. The van der Waals surface area contributed by atoms with E-state index in [0.717, 1.165) is 6.42 Å². The molecule has 1 N–H and O–H groups in total. The summed E-state index contributed by atoms with van der Waals surface area (Å²) in [6.45, 7) is 3.34. The Balaban J connectivity index is 2.20. The number of carbonyl (C=O) groups is 2. The molecule has 2 aromatic carbocycles. The number of aliphatic hydroxyl groups is 1. The molecule has 3 rings (SSSR count). The van der Waals surface area contributed by atoms with Crippen molar-refractivity contribution in [2.45, 2.75) is 19.4 Å². The molecular formula is C26H32N2O6. The van der Waals surface area contributed by atoms with Crippen LogP contribution in [0.3, 0.4) is 0 Å². The fourth-order valence-corrected chi connectivity index (χ4v) is 3.94. The number of hydrogen-bond acceptors (Lipinski definition) is 7. The Morgan fingerprint density at radius 1 is 1.03 bits per heavy atom. The van der Waals surface area contributed by atoms with E-state index in [4.69, 9.17) is 14.2 Å². The molecule has 34 heavy (non-hydrogen) atoms. The minimum absolute atomic E-state index is 0.0138. The van der Waals surface area contributed by atoms with E-state index < -0.39 is 17.7 Å². The fourth-order valence-electron chi connectivity index (χ4n) is 3.94. The number of benzene rings is 2. The fraction of sp³-hybridized carbons (Fsp3) is 0.385. The maximum atomic E-state index is 13.2. The van der Waals surface area contributed by atoms with E-state index in [1.165, 1.54) is 12.0 Å². The number of nitrogens with zero attached hydrogens (tertiary/aromatic N) is 2. The third-order valence-corrected chi connectivity index (χ3v) is 5.66. The van der Waals surface area contributed by atoms with Gasteiger partial charge in [-0.3, -0.25) is 9.59 Å². The van der Waals surface area contributed by atoms with Gasteiger partial charge in [0.05, 0.1) is 38.0 Å². The third-order valence-electron chi connectivity index (χ3n) is 5.66. The average Bonchev–Trinajstić information content (AvgIpc) is 3.10. The van der Waals surface area contributed by atoms with Gasteiger partial charge in [0.2, 0.25) is 0 Å². The first-order valence-electron chi connectivity index (χ1n) is 11.2. The lowest BCUT2D eigenvalue weighted by molar-refractivity contribution is -0.140. The summed E-state index contributed by atoms with van der Waals surface area (Å²) in [4.78, 5) is 29.8. The first-order valence-corrected chi connectivity index (χ1v) is 11.2. The molecule has 1 aliphatic rings. The van der Waals surface area contributed by atoms with E-state index in [9.17, 15) is 14.7 Å². The maximum Gasteiger partial charge on any atom is 0.295 e. The zero-order valence-electron chi connectivity index (χ0n) is 20.3. The number of rotatable bonds is 10. The zero-order valence-corrected chi connectivity index (χ0v) is 20.3. The summed E-state index contributed by atoms with van der Waals surface area (Å²) in [6, 6.07) is 11.4. The van der Waals surface area contributed by atoms with Crippen molar-refractivity contribution < 1.29 is 28.9 Å². The Labute approximate surface area is 200 Å². The lowest BCUT2D eigenvalue weighted by atomic mass is 9.94. The number of likely N-dealkylation sites (N-methyl/N-ethyl adjacent to an activating group) is 1. The highest BCUT2D eigenvalue weighted by atomic mass is 16.5. The summed E-state index contributed by atoms with van der Waals surface area (Å²) in [5, 5.41) is 11.3. The van der Waals surface area contributed by atoms with Gasteiger partial charge in [0, 0.05) is 13.1 Å². The second kappa shape index (κ2) is 11.1. The van der Waals surface area contributed by atoms with Crippen molar-refractivity contribution in [1.82, 2.24) is 9.80 Å². The van der Waals surface area contributed by atoms with Crippen LogP contribution in [-0.4, -0.2) is 74.6 Å². The van der Waals surface area contributed by atoms with E-state index in [1.54, 1.807) is 49.6 Å². The van der Waals surface area contributed by atoms with Gasteiger partial charge in [0.15, 0.2) is 11.5 Å². The second-order valence-electron chi connectivity index (χ2n) is 8.25. The van der Waals surface area contributed by atoms with Crippen LogP contribution < -0.4 is 14.2 Å². The predicted octanol–water partition coefficient (Wildman–Crippen LogP) is 3.48. The number of aliphatic hydroxyl groups excluding tert-OH is 1. The molecule has 0 aliphatic carbocycles. The molecule has 0 saturated carbocycles. The molecule has 0 bridgehead atoms. The summed E-state index contributed by atoms with van der Waals surface area (Å²) in [6.07, 6.45) is 0.808. The molecule has 8 nitrogen and oxygen atoms in total. The van der Waals surface area contributed by atoms with Crippen LogP contribution in [-0.2, 0) is 9.59 Å². The molecule has 1 aliphatic heterocycles. The number of carbonyl (C=O) groups excluding carboxylic acids is 2. The van der Waals surface area contributed by atoms with Crippen molar-refractivity contribution in [3.8, 4) is 17.2 Å². The predicted molar refractivity (Wildman–Crippen MR) is 129 cm³/mol. The molecule has 8 heteroatoms. The van der Waals surface area contributed by atoms with Crippen LogP contribution in [0.2, 0.25) is 0 Å². The molecular weight excluding hydrogens is 436 g/mol. The molecule has 1 unspecified atom stereocenters. The normalized spacial score (nSPS) is 17.4. The standard InChI is InChI=1S/C26H32N2O6/c1-6-15-34-21-16-17(11-12-20(21)33-5)23-22(24(29)18-9-7-8-10-19(18)32-4)25(30)26(31)28(23)14-13-27(2)3/h7-12,16,23,29H,6,13-15H2,1-5H3/b24-22-. The third kappa shape index (κ3) is 5.02. The van der Waals surface area contributed by atoms with Gasteiger partial charge in [0.25, 0.3) is 11.7 Å². The van der Waals surface area contributed by atoms with Gasteiger partial charge in [-0.15, -0.1) is 0 Å². The minimum atomic E-state index is -0.792. The SMILES string of the molecule is CCCOc1cc(C2/C(=C(/O)c3ccccc3OC)C(=O)C(=O)N2CCN(C)C)ccc1OC. The van der Waals surface area contributed by atoms with E-state index in [0.29, 0.717) is 48.1 Å². The van der Waals surface area contributed by atoms with Crippen molar-refractivity contribution in [3.05, 3.63) is 59.2 Å². The monoisotopic (exact) mass is 468 g/mol. The first kappa shape index (κ1) is 25.1. The molecule has 1 saturated heterocycles. The molecule has 2 aromatic rings. The number of para-hydroxylation sites is 1. The first-order chi connectivity index (χ1) is 16.3. The van der Waals surface area contributed by atoms with Crippen LogP contribution >= 0.6 is 0 Å². The Hall–Kier alpha value is -3.52. The van der Waals surface area contributed by atoms with E-state index >= 15 is 0 Å². The van der Waals surface area contributed by atoms with E-state index in [2.05, 4.69) is 0 Å². The average molecular weight is 469 g/mol. The van der Waals surface area contributed by atoms with Gasteiger partial charge in [-0.2, -0.15) is 0 Å². The van der Waals surface area contributed by atoms with E-state index in [-0.39, 0.29) is 11.3 Å². The van der Waals surface area contributed by atoms with Crippen LogP contribution in [0.25, 0.3) is 5.76 Å². The Morgan fingerprint density at radius 2 is 1.74 bits per heavy atom. The van der Waals surface area contributed by atoms with Crippen LogP contribution in [0, 0.1) is 0 Å². The molecule has 1 heterocycles. The lowest BCUT2D eigenvalue weighted by Crippen LogP contribution is -2.35. The van der Waals surface area contributed by atoms with Crippen molar-refractivity contribution in [3.63, 3.8) is 0 Å². The van der Waals surface area contributed by atoms with Crippen molar-refractivity contribution in [1.29, 1.82) is 0 Å². The van der Waals surface area contributed by atoms with Gasteiger partial charge in [-0.25, -0.2) is 0 Å². The highest BCUT2D eigenvalue weighted by molar-refractivity contribution is 6.46. The minimum Gasteiger partial charge on any atom is -0.507 e. The molecule has 182 valence electrons. The summed E-state index contributed by atoms with van der Waals surface area (Å²) < 4.78 is 16.7. The van der Waals surface area contributed by atoms with Gasteiger partial charge in [-0.1, -0.05) is 25.1 Å². The van der Waals surface area contributed by atoms with Crippen LogP contribution in [0.4, 0.5) is 0 Å². The molecule has 1 fully saturated rings. The Bertz CT molecular complexity index is 1080. The number of methoxy groups -OCH3 is 2. The smallest absolute Gasteiger partial charge is 0.295 e. The molecule has 0 radical (unpaired) electrons. The topological polar surface area (TPSA) is 88.5 Å². The Morgan fingerprint density at radius 3 is 2.38 bits per heavy atom. The quantitative estimate of drug-likeness (QED) is 0.324. The number of ether oxygens (including phenoxy) is 3. The lowest BCUT2D eigenvalue weighted by Gasteiger charge is -2.27. The highest BCUT2D eigenvalue weighted by Crippen LogP contribution is 2.42. The molecule has 1 amide bonds. The second-order valence-corrected chi connectivity index (χ2v) is 8.25. The molecule has 1 atom stereocenters. The van der Waals surface area contributed by atoms with Crippen LogP contribution in [0.5, 0.6) is 17.2 Å².